The molecule has 0 amide bonds. The van der Waals surface area contributed by atoms with Crippen molar-refractivity contribution in [2.24, 2.45) is 5.92 Å². The van der Waals surface area contributed by atoms with E-state index in [-0.39, 0.29) is 6.10 Å². The van der Waals surface area contributed by atoms with Crippen LogP contribution in [0.15, 0.2) is 12.2 Å². The highest BCUT2D eigenvalue weighted by molar-refractivity contribution is 4.88. The van der Waals surface area contributed by atoms with Gasteiger partial charge in [0.05, 0.1) is 6.10 Å². The summed E-state index contributed by atoms with van der Waals surface area (Å²) in [4.78, 5) is 0. The second-order valence-electron chi connectivity index (χ2n) is 6.58. The first-order valence-corrected chi connectivity index (χ1v) is 9.01. The Morgan fingerprint density at radius 1 is 0.800 bits per heavy atom. The zero-order chi connectivity index (χ0) is 15.1. The third-order valence-corrected chi connectivity index (χ3v) is 3.86. The lowest BCUT2D eigenvalue weighted by molar-refractivity contribution is 0.206. The summed E-state index contributed by atoms with van der Waals surface area (Å²) in [5.41, 5.74) is 0. The van der Waals surface area contributed by atoms with Gasteiger partial charge in [0.25, 0.3) is 0 Å². The minimum atomic E-state index is -0.220. The van der Waals surface area contributed by atoms with E-state index >= 15 is 0 Å². The zero-order valence-electron chi connectivity index (χ0n) is 14.2. The molecule has 0 aliphatic carbocycles. The van der Waals surface area contributed by atoms with E-state index in [4.69, 9.17) is 0 Å². The lowest BCUT2D eigenvalue weighted by atomic mass is 10.0. The van der Waals surface area contributed by atoms with Crippen molar-refractivity contribution in [3.63, 3.8) is 0 Å². The van der Waals surface area contributed by atoms with Gasteiger partial charge in [-0.2, -0.15) is 0 Å². The number of hydrogen-bond acceptors (Lipinski definition) is 1. The third kappa shape index (κ3) is 15.8. The highest BCUT2D eigenvalue weighted by Crippen LogP contribution is 2.11. The van der Waals surface area contributed by atoms with Crippen LogP contribution in [0.4, 0.5) is 0 Å². The van der Waals surface area contributed by atoms with Crippen LogP contribution in [0.5, 0.6) is 0 Å². The third-order valence-electron chi connectivity index (χ3n) is 3.86. The first-order valence-electron chi connectivity index (χ1n) is 9.01. The van der Waals surface area contributed by atoms with E-state index in [1.54, 1.807) is 0 Å². The fraction of sp³-hybridized carbons (Fsp3) is 0.895. The number of aliphatic hydroxyl groups excluding tert-OH is 1. The summed E-state index contributed by atoms with van der Waals surface area (Å²) in [5, 5.41) is 9.80. The van der Waals surface area contributed by atoms with E-state index in [0.29, 0.717) is 0 Å². The number of allylic oxidation sites excluding steroid dienone is 1. The number of hydrogen-bond donors (Lipinski definition) is 1. The monoisotopic (exact) mass is 282 g/mol. The van der Waals surface area contributed by atoms with Crippen LogP contribution in [0, 0.1) is 5.92 Å². The van der Waals surface area contributed by atoms with Gasteiger partial charge in [0.15, 0.2) is 0 Å². The van der Waals surface area contributed by atoms with Crippen molar-refractivity contribution in [2.75, 3.05) is 0 Å². The van der Waals surface area contributed by atoms with Crippen LogP contribution in [0.2, 0.25) is 0 Å². The predicted molar refractivity (Wildman–Crippen MR) is 91.1 cm³/mol. The Kier molecular flexibility index (Phi) is 14.9. The molecule has 1 heteroatoms. The second kappa shape index (κ2) is 15.1. The van der Waals surface area contributed by atoms with Crippen molar-refractivity contribution in [3.8, 4) is 0 Å². The van der Waals surface area contributed by atoms with Crippen LogP contribution < -0.4 is 0 Å². The van der Waals surface area contributed by atoms with Gasteiger partial charge in [0.2, 0.25) is 0 Å². The van der Waals surface area contributed by atoms with E-state index in [1.165, 1.54) is 57.8 Å². The molecule has 0 aliphatic rings. The van der Waals surface area contributed by atoms with Crippen LogP contribution in [0.25, 0.3) is 0 Å². The molecular weight excluding hydrogens is 244 g/mol. The quantitative estimate of drug-likeness (QED) is 0.294. The Morgan fingerprint density at radius 3 is 2.00 bits per heavy atom. The summed E-state index contributed by atoms with van der Waals surface area (Å²) >= 11 is 0. The molecule has 0 rings (SSSR count). The summed E-state index contributed by atoms with van der Waals surface area (Å²) in [6.07, 6.45) is 19.4. The molecule has 0 saturated heterocycles. The van der Waals surface area contributed by atoms with Crippen molar-refractivity contribution in [1.82, 2.24) is 0 Å². The Morgan fingerprint density at radius 2 is 1.40 bits per heavy atom. The molecule has 1 nitrogen and oxygen atoms in total. The first kappa shape index (κ1) is 19.7. The SMILES string of the molecule is CCCCCCCCCC/C=C\C(O)CCCC(C)C. The van der Waals surface area contributed by atoms with E-state index < -0.39 is 0 Å². The van der Waals surface area contributed by atoms with Gasteiger partial charge in [-0.05, 0) is 25.2 Å². The smallest absolute Gasteiger partial charge is 0.0720 e. The lowest BCUT2D eigenvalue weighted by Crippen LogP contribution is -2.02. The zero-order valence-corrected chi connectivity index (χ0v) is 14.2. The predicted octanol–water partition coefficient (Wildman–Crippen LogP) is 6.26. The van der Waals surface area contributed by atoms with Crippen molar-refractivity contribution in [3.05, 3.63) is 12.2 Å². The maximum atomic E-state index is 9.80. The van der Waals surface area contributed by atoms with Crippen molar-refractivity contribution in [1.29, 1.82) is 0 Å². The average molecular weight is 283 g/mol. The van der Waals surface area contributed by atoms with Crippen LogP contribution in [-0.4, -0.2) is 11.2 Å². The van der Waals surface area contributed by atoms with E-state index in [0.717, 1.165) is 25.2 Å². The van der Waals surface area contributed by atoms with Gasteiger partial charge in [0, 0.05) is 0 Å². The minimum Gasteiger partial charge on any atom is -0.389 e. The van der Waals surface area contributed by atoms with E-state index in [1.807, 2.05) is 6.08 Å². The van der Waals surface area contributed by atoms with Crippen LogP contribution in [0.3, 0.4) is 0 Å². The number of unbranched alkanes of at least 4 members (excludes halogenated alkanes) is 8. The topological polar surface area (TPSA) is 20.2 Å². The summed E-state index contributed by atoms with van der Waals surface area (Å²) in [6, 6.07) is 0. The molecule has 0 saturated carbocycles. The fourth-order valence-corrected chi connectivity index (χ4v) is 2.48. The summed E-state index contributed by atoms with van der Waals surface area (Å²) in [5.74, 6) is 0.753. The maximum Gasteiger partial charge on any atom is 0.0720 e. The molecule has 0 fully saturated rings. The van der Waals surface area contributed by atoms with Crippen LogP contribution in [0.1, 0.15) is 97.8 Å². The second-order valence-corrected chi connectivity index (χ2v) is 6.58. The summed E-state index contributed by atoms with van der Waals surface area (Å²) in [7, 11) is 0. The Balaban J connectivity index is 3.25. The molecule has 0 radical (unpaired) electrons. The fourth-order valence-electron chi connectivity index (χ4n) is 2.48. The van der Waals surface area contributed by atoms with Gasteiger partial charge in [0.1, 0.15) is 0 Å². The molecule has 20 heavy (non-hydrogen) atoms. The molecule has 1 N–H and O–H groups in total. The molecule has 0 aliphatic heterocycles. The van der Waals surface area contributed by atoms with Crippen LogP contribution >= 0.6 is 0 Å². The Bertz CT molecular complexity index is 208. The lowest BCUT2D eigenvalue weighted by Gasteiger charge is -2.07. The van der Waals surface area contributed by atoms with Crippen molar-refractivity contribution >= 4 is 0 Å². The van der Waals surface area contributed by atoms with Gasteiger partial charge in [-0.15, -0.1) is 0 Å². The minimum absolute atomic E-state index is 0.220. The molecule has 1 unspecified atom stereocenters. The van der Waals surface area contributed by atoms with Crippen molar-refractivity contribution in [2.45, 2.75) is 104 Å². The van der Waals surface area contributed by atoms with E-state index in [2.05, 4.69) is 26.8 Å². The Labute approximate surface area is 127 Å². The largest absolute Gasteiger partial charge is 0.389 e. The number of aliphatic hydroxyl groups is 1. The molecule has 0 heterocycles. The molecule has 0 aromatic carbocycles. The molecular formula is C19H38O. The molecule has 1 atom stereocenters. The normalized spacial score (nSPS) is 13.4. The Hall–Kier alpha value is -0.300. The molecule has 0 spiro atoms. The first-order chi connectivity index (χ1) is 9.66. The standard InChI is InChI=1S/C19H38O/c1-4-5-6-7-8-9-10-11-12-13-16-19(20)17-14-15-18(2)3/h13,16,18-20H,4-12,14-15,17H2,1-3H3/b16-13-. The van der Waals surface area contributed by atoms with Gasteiger partial charge in [-0.25, -0.2) is 0 Å². The molecule has 0 aromatic heterocycles. The van der Waals surface area contributed by atoms with Gasteiger partial charge in [-0.1, -0.05) is 90.7 Å². The summed E-state index contributed by atoms with van der Waals surface area (Å²) in [6.45, 7) is 6.75. The average Bonchev–Trinajstić information content (AvgIpc) is 2.40. The maximum absolute atomic E-state index is 9.80. The molecule has 0 bridgehead atoms. The van der Waals surface area contributed by atoms with Gasteiger partial charge < -0.3 is 5.11 Å². The number of rotatable bonds is 14. The highest BCUT2D eigenvalue weighted by Gasteiger charge is 2.00. The van der Waals surface area contributed by atoms with Crippen LogP contribution in [-0.2, 0) is 0 Å². The highest BCUT2D eigenvalue weighted by atomic mass is 16.3. The van der Waals surface area contributed by atoms with Gasteiger partial charge >= 0.3 is 0 Å². The summed E-state index contributed by atoms with van der Waals surface area (Å²) < 4.78 is 0. The van der Waals surface area contributed by atoms with E-state index in [9.17, 15) is 5.11 Å². The van der Waals surface area contributed by atoms with Crippen molar-refractivity contribution < 1.29 is 5.11 Å². The molecule has 120 valence electrons. The molecule has 0 aromatic rings. The van der Waals surface area contributed by atoms with Gasteiger partial charge in [-0.3, -0.25) is 0 Å².